The Bertz CT molecular complexity index is 495. The smallest absolute Gasteiger partial charge is 0.308 e. The topological polar surface area (TPSA) is 66.8 Å². The van der Waals surface area contributed by atoms with E-state index in [0.717, 1.165) is 18.4 Å². The number of carbonyl (C=O) groups is 2. The van der Waals surface area contributed by atoms with Crippen LogP contribution in [0.15, 0.2) is 11.4 Å². The van der Waals surface area contributed by atoms with Gasteiger partial charge in [-0.25, -0.2) is 0 Å². The molecule has 0 saturated heterocycles. The third kappa shape index (κ3) is 3.37. The number of carboxylic acids is 1. The number of nitrogens with zero attached hydrogens (tertiary/aromatic N) is 1. The standard InChI is InChI=1S/C14H19NO4S/c1-9(14(17)18)7-15(11-3-4-11)13(16)12-10(8-19-2)5-6-20-12/h5-6,9,11H,3-4,7-8H2,1-2H3,(H,17,18). The molecule has 1 N–H and O–H groups in total. The van der Waals surface area contributed by atoms with Crippen molar-refractivity contribution in [1.29, 1.82) is 0 Å². The number of thiophene rings is 1. The van der Waals surface area contributed by atoms with Crippen LogP contribution in [0.4, 0.5) is 0 Å². The van der Waals surface area contributed by atoms with Gasteiger partial charge in [-0.3, -0.25) is 9.59 Å². The summed E-state index contributed by atoms with van der Waals surface area (Å²) in [6.07, 6.45) is 1.92. The Kier molecular flexibility index (Phi) is 4.77. The molecule has 20 heavy (non-hydrogen) atoms. The number of hydrogen-bond acceptors (Lipinski definition) is 4. The molecule has 0 bridgehead atoms. The monoisotopic (exact) mass is 297 g/mol. The number of carboxylic acid groups (broad SMARTS) is 1. The van der Waals surface area contributed by atoms with Gasteiger partial charge in [-0.15, -0.1) is 11.3 Å². The van der Waals surface area contributed by atoms with E-state index in [9.17, 15) is 9.59 Å². The van der Waals surface area contributed by atoms with Gasteiger partial charge in [0, 0.05) is 25.3 Å². The maximum absolute atomic E-state index is 12.6. The second-order valence-electron chi connectivity index (χ2n) is 5.14. The zero-order valence-electron chi connectivity index (χ0n) is 11.7. The summed E-state index contributed by atoms with van der Waals surface area (Å²) in [6, 6.07) is 2.08. The highest BCUT2D eigenvalue weighted by Crippen LogP contribution is 2.31. The minimum absolute atomic E-state index is 0.0670. The Morgan fingerprint density at radius 2 is 2.25 bits per heavy atom. The number of hydrogen-bond donors (Lipinski definition) is 1. The molecule has 1 aromatic heterocycles. The first kappa shape index (κ1) is 15.0. The number of amides is 1. The lowest BCUT2D eigenvalue weighted by atomic mass is 10.1. The largest absolute Gasteiger partial charge is 0.481 e. The predicted octanol–water partition coefficient (Wildman–Crippen LogP) is 2.22. The molecule has 1 amide bonds. The molecule has 1 atom stereocenters. The first-order chi connectivity index (χ1) is 9.54. The molecule has 0 spiro atoms. The molecular weight excluding hydrogens is 278 g/mol. The lowest BCUT2D eigenvalue weighted by Crippen LogP contribution is -2.38. The fourth-order valence-electron chi connectivity index (χ4n) is 2.08. The third-order valence-electron chi connectivity index (χ3n) is 3.38. The summed E-state index contributed by atoms with van der Waals surface area (Å²) in [4.78, 5) is 26.0. The summed E-state index contributed by atoms with van der Waals surface area (Å²) in [7, 11) is 1.59. The Morgan fingerprint density at radius 3 is 2.80 bits per heavy atom. The number of ether oxygens (including phenoxy) is 1. The van der Waals surface area contributed by atoms with Crippen molar-refractivity contribution in [2.24, 2.45) is 5.92 Å². The van der Waals surface area contributed by atoms with Gasteiger partial charge in [-0.2, -0.15) is 0 Å². The van der Waals surface area contributed by atoms with Crippen LogP contribution in [-0.2, 0) is 16.1 Å². The van der Waals surface area contributed by atoms with Gasteiger partial charge < -0.3 is 14.7 Å². The van der Waals surface area contributed by atoms with E-state index in [1.807, 2.05) is 11.4 Å². The molecule has 0 radical (unpaired) electrons. The maximum Gasteiger partial charge on any atom is 0.308 e. The predicted molar refractivity (Wildman–Crippen MR) is 75.9 cm³/mol. The SMILES string of the molecule is COCc1ccsc1C(=O)N(CC(C)C(=O)O)C1CC1. The fourth-order valence-corrected chi connectivity index (χ4v) is 2.94. The zero-order chi connectivity index (χ0) is 14.7. The minimum atomic E-state index is -0.869. The molecule has 1 fully saturated rings. The summed E-state index contributed by atoms with van der Waals surface area (Å²) >= 11 is 1.39. The van der Waals surface area contributed by atoms with E-state index in [4.69, 9.17) is 9.84 Å². The highest BCUT2D eigenvalue weighted by atomic mass is 32.1. The Labute approximate surface area is 122 Å². The van der Waals surface area contributed by atoms with E-state index < -0.39 is 11.9 Å². The molecule has 2 rings (SSSR count). The summed E-state index contributed by atoms with van der Waals surface area (Å²) in [5.41, 5.74) is 0.871. The number of rotatable bonds is 7. The van der Waals surface area contributed by atoms with Gasteiger partial charge in [0.05, 0.1) is 17.4 Å². The van der Waals surface area contributed by atoms with Crippen LogP contribution in [-0.4, -0.2) is 41.6 Å². The highest BCUT2D eigenvalue weighted by Gasteiger charge is 2.35. The van der Waals surface area contributed by atoms with Crippen molar-refractivity contribution >= 4 is 23.2 Å². The van der Waals surface area contributed by atoms with E-state index in [0.29, 0.717) is 11.5 Å². The molecule has 0 aromatic carbocycles. The van der Waals surface area contributed by atoms with Crippen LogP contribution in [0, 0.1) is 5.92 Å². The van der Waals surface area contributed by atoms with Crippen molar-refractivity contribution in [3.63, 3.8) is 0 Å². The Morgan fingerprint density at radius 1 is 1.55 bits per heavy atom. The van der Waals surface area contributed by atoms with Crippen molar-refractivity contribution in [3.8, 4) is 0 Å². The van der Waals surface area contributed by atoms with Gasteiger partial charge in [0.2, 0.25) is 0 Å². The average Bonchev–Trinajstić information content (AvgIpc) is 3.15. The van der Waals surface area contributed by atoms with Crippen LogP contribution in [0.2, 0.25) is 0 Å². The van der Waals surface area contributed by atoms with E-state index in [1.54, 1.807) is 18.9 Å². The second kappa shape index (κ2) is 6.37. The van der Waals surface area contributed by atoms with Crippen molar-refractivity contribution < 1.29 is 19.4 Å². The number of carbonyl (C=O) groups excluding carboxylic acids is 1. The van der Waals surface area contributed by atoms with Crippen molar-refractivity contribution in [2.75, 3.05) is 13.7 Å². The van der Waals surface area contributed by atoms with Crippen molar-refractivity contribution in [1.82, 2.24) is 4.90 Å². The van der Waals surface area contributed by atoms with Crippen molar-refractivity contribution in [2.45, 2.75) is 32.4 Å². The van der Waals surface area contributed by atoms with Gasteiger partial charge in [-0.1, -0.05) is 6.92 Å². The van der Waals surface area contributed by atoms with Crippen LogP contribution >= 0.6 is 11.3 Å². The maximum atomic E-state index is 12.6. The van der Waals surface area contributed by atoms with Crippen LogP contribution in [0.1, 0.15) is 35.0 Å². The van der Waals surface area contributed by atoms with E-state index in [-0.39, 0.29) is 18.5 Å². The summed E-state index contributed by atoms with van der Waals surface area (Å²) in [5, 5.41) is 10.9. The zero-order valence-corrected chi connectivity index (χ0v) is 12.5. The lowest BCUT2D eigenvalue weighted by Gasteiger charge is -2.24. The minimum Gasteiger partial charge on any atom is -0.481 e. The molecule has 1 aliphatic carbocycles. The average molecular weight is 297 g/mol. The van der Waals surface area contributed by atoms with E-state index in [2.05, 4.69) is 0 Å². The number of aliphatic carboxylic acids is 1. The van der Waals surface area contributed by atoms with Crippen molar-refractivity contribution in [3.05, 3.63) is 21.9 Å². The van der Waals surface area contributed by atoms with E-state index >= 15 is 0 Å². The summed E-state index contributed by atoms with van der Waals surface area (Å²) < 4.78 is 5.09. The normalized spacial score (nSPS) is 15.9. The molecule has 1 aromatic rings. The van der Waals surface area contributed by atoms with Gasteiger partial charge in [0.15, 0.2) is 0 Å². The summed E-state index contributed by atoms with van der Waals surface area (Å²) in [5.74, 6) is -1.49. The van der Waals surface area contributed by atoms with E-state index in [1.165, 1.54) is 11.3 Å². The van der Waals surface area contributed by atoms with Gasteiger partial charge in [0.25, 0.3) is 5.91 Å². The molecule has 5 nitrogen and oxygen atoms in total. The molecule has 1 saturated carbocycles. The highest BCUT2D eigenvalue weighted by molar-refractivity contribution is 7.12. The van der Waals surface area contributed by atoms with Crippen LogP contribution in [0.5, 0.6) is 0 Å². The molecule has 0 aliphatic heterocycles. The quantitative estimate of drug-likeness (QED) is 0.838. The van der Waals surface area contributed by atoms with Crippen LogP contribution < -0.4 is 0 Å². The Hall–Kier alpha value is -1.40. The van der Waals surface area contributed by atoms with Gasteiger partial charge in [-0.05, 0) is 24.3 Å². The first-order valence-electron chi connectivity index (χ1n) is 6.63. The fraction of sp³-hybridized carbons (Fsp3) is 0.571. The molecular formula is C14H19NO4S. The van der Waals surface area contributed by atoms with Crippen LogP contribution in [0.25, 0.3) is 0 Å². The lowest BCUT2D eigenvalue weighted by molar-refractivity contribution is -0.141. The molecule has 110 valence electrons. The molecule has 1 unspecified atom stereocenters. The first-order valence-corrected chi connectivity index (χ1v) is 7.51. The molecule has 6 heteroatoms. The third-order valence-corrected chi connectivity index (χ3v) is 4.33. The van der Waals surface area contributed by atoms with Gasteiger partial charge >= 0.3 is 5.97 Å². The Balaban J connectivity index is 2.14. The number of methoxy groups -OCH3 is 1. The molecule has 1 heterocycles. The van der Waals surface area contributed by atoms with Gasteiger partial charge in [0.1, 0.15) is 0 Å². The molecule has 1 aliphatic rings. The van der Waals surface area contributed by atoms with Crippen LogP contribution in [0.3, 0.4) is 0 Å². The second-order valence-corrected chi connectivity index (χ2v) is 6.05. The summed E-state index contributed by atoms with van der Waals surface area (Å²) in [6.45, 7) is 2.30.